The summed E-state index contributed by atoms with van der Waals surface area (Å²) in [6.07, 6.45) is 26.6. The molecule has 24 heavy (non-hydrogen) atoms. The molecule has 0 N–H and O–H groups in total. The molecule has 0 saturated carbocycles. The van der Waals surface area contributed by atoms with Crippen LogP contribution in [0.15, 0.2) is 24.7 Å². The van der Waals surface area contributed by atoms with Gasteiger partial charge in [0.2, 0.25) is 6.29 Å². The topological polar surface area (TPSA) is 18.5 Å². The minimum absolute atomic E-state index is 0.0959. The predicted molar refractivity (Wildman–Crippen MR) is 104 cm³/mol. The molecule has 0 bridgehead atoms. The molecule has 1 aliphatic heterocycles. The van der Waals surface area contributed by atoms with Gasteiger partial charge in [-0.2, -0.15) is 0 Å². The number of rotatable bonds is 16. The van der Waals surface area contributed by atoms with Crippen molar-refractivity contribution in [2.24, 2.45) is 5.92 Å². The van der Waals surface area contributed by atoms with E-state index in [1.54, 1.807) is 12.5 Å². The highest BCUT2D eigenvalue weighted by Gasteiger charge is 2.22. The smallest absolute Gasteiger partial charge is 0.245 e. The first-order valence-electron chi connectivity index (χ1n) is 10.5. The number of hydrogen-bond acceptors (Lipinski definition) is 2. The highest BCUT2D eigenvalue weighted by atomic mass is 16.7. The third kappa shape index (κ3) is 10.8. The average Bonchev–Trinajstić information content (AvgIpc) is 3.12. The Bertz CT molecular complexity index is 314. The standard InChI is InChI=1S/C22H40O2/c1-3-5-7-9-11-12-14-16-18-21(22-23-19-20-24-22)17-15-13-10-8-6-4-2/h15,17,19-22H,3-14,16,18H2,1-2H3. The summed E-state index contributed by atoms with van der Waals surface area (Å²) >= 11 is 0. The van der Waals surface area contributed by atoms with Gasteiger partial charge < -0.3 is 9.47 Å². The molecule has 1 unspecified atom stereocenters. The Hall–Kier alpha value is -0.920. The third-order valence-electron chi connectivity index (χ3n) is 4.83. The number of ether oxygens (including phenoxy) is 2. The van der Waals surface area contributed by atoms with Crippen molar-refractivity contribution in [2.75, 3.05) is 0 Å². The zero-order valence-electron chi connectivity index (χ0n) is 16.2. The monoisotopic (exact) mass is 336 g/mol. The molecule has 0 spiro atoms. The summed E-state index contributed by atoms with van der Waals surface area (Å²) in [6.45, 7) is 4.54. The van der Waals surface area contributed by atoms with E-state index in [9.17, 15) is 0 Å². The van der Waals surface area contributed by atoms with Gasteiger partial charge in [0, 0.05) is 0 Å². The van der Waals surface area contributed by atoms with Crippen LogP contribution >= 0.6 is 0 Å². The molecule has 0 aliphatic carbocycles. The molecule has 0 fully saturated rings. The van der Waals surface area contributed by atoms with E-state index in [0.29, 0.717) is 5.92 Å². The van der Waals surface area contributed by atoms with Gasteiger partial charge in [-0.15, -0.1) is 0 Å². The van der Waals surface area contributed by atoms with Gasteiger partial charge in [0.05, 0.1) is 5.92 Å². The van der Waals surface area contributed by atoms with Crippen molar-refractivity contribution in [3.63, 3.8) is 0 Å². The lowest BCUT2D eigenvalue weighted by atomic mass is 9.98. The van der Waals surface area contributed by atoms with Crippen LogP contribution in [0.3, 0.4) is 0 Å². The van der Waals surface area contributed by atoms with E-state index in [4.69, 9.17) is 9.47 Å². The molecule has 140 valence electrons. The fourth-order valence-corrected chi connectivity index (χ4v) is 3.25. The minimum Gasteiger partial charge on any atom is -0.459 e. The van der Waals surface area contributed by atoms with Crippen molar-refractivity contribution in [3.8, 4) is 0 Å². The van der Waals surface area contributed by atoms with E-state index in [2.05, 4.69) is 26.0 Å². The van der Waals surface area contributed by atoms with Crippen molar-refractivity contribution in [2.45, 2.75) is 110 Å². The number of hydrogen-bond donors (Lipinski definition) is 0. The molecule has 0 aromatic carbocycles. The van der Waals surface area contributed by atoms with Gasteiger partial charge in [-0.1, -0.05) is 96.6 Å². The maximum absolute atomic E-state index is 5.58. The maximum atomic E-state index is 5.58. The molecular formula is C22H40O2. The first kappa shape index (κ1) is 21.1. The van der Waals surface area contributed by atoms with Crippen LogP contribution in [0.2, 0.25) is 0 Å². The van der Waals surface area contributed by atoms with E-state index >= 15 is 0 Å². The predicted octanol–water partition coefficient (Wildman–Crippen LogP) is 7.50. The Balaban J connectivity index is 2.14. The summed E-state index contributed by atoms with van der Waals surface area (Å²) in [5, 5.41) is 0. The van der Waals surface area contributed by atoms with Gasteiger partial charge >= 0.3 is 0 Å². The summed E-state index contributed by atoms with van der Waals surface area (Å²) in [4.78, 5) is 0. The lowest BCUT2D eigenvalue weighted by Gasteiger charge is -2.19. The molecule has 0 radical (unpaired) electrons. The van der Waals surface area contributed by atoms with E-state index < -0.39 is 0 Å². The lowest BCUT2D eigenvalue weighted by molar-refractivity contribution is -0.0553. The van der Waals surface area contributed by atoms with Crippen molar-refractivity contribution in [1.82, 2.24) is 0 Å². The van der Waals surface area contributed by atoms with Crippen molar-refractivity contribution in [1.29, 1.82) is 0 Å². The van der Waals surface area contributed by atoms with Gasteiger partial charge in [-0.25, -0.2) is 0 Å². The van der Waals surface area contributed by atoms with Crippen molar-refractivity contribution < 1.29 is 9.47 Å². The van der Waals surface area contributed by atoms with Crippen LogP contribution in [0, 0.1) is 5.92 Å². The van der Waals surface area contributed by atoms with E-state index in [-0.39, 0.29) is 6.29 Å². The molecule has 0 amide bonds. The van der Waals surface area contributed by atoms with Crippen LogP contribution in [0.4, 0.5) is 0 Å². The van der Waals surface area contributed by atoms with Gasteiger partial charge in [0.1, 0.15) is 12.5 Å². The fourth-order valence-electron chi connectivity index (χ4n) is 3.25. The molecule has 1 aliphatic rings. The molecule has 0 aromatic rings. The van der Waals surface area contributed by atoms with Crippen molar-refractivity contribution in [3.05, 3.63) is 24.7 Å². The summed E-state index contributed by atoms with van der Waals surface area (Å²) in [6, 6.07) is 0. The average molecular weight is 337 g/mol. The first-order chi connectivity index (χ1) is 11.9. The Morgan fingerprint density at radius 1 is 0.750 bits per heavy atom. The SMILES string of the molecule is CCCCCCC=CC(CCCCCCCCCC)C1OC=CO1. The normalized spacial score (nSPS) is 15.8. The largest absolute Gasteiger partial charge is 0.459 e. The highest BCUT2D eigenvalue weighted by molar-refractivity contribution is 4.92. The molecule has 2 heteroatoms. The molecule has 0 saturated heterocycles. The molecule has 1 atom stereocenters. The molecule has 1 rings (SSSR count). The summed E-state index contributed by atoms with van der Waals surface area (Å²) < 4.78 is 11.2. The van der Waals surface area contributed by atoms with Crippen LogP contribution in [0.25, 0.3) is 0 Å². The lowest BCUT2D eigenvalue weighted by Crippen LogP contribution is -2.19. The van der Waals surface area contributed by atoms with Gasteiger partial charge in [-0.05, 0) is 19.3 Å². The zero-order valence-corrected chi connectivity index (χ0v) is 16.2. The third-order valence-corrected chi connectivity index (χ3v) is 4.83. The second kappa shape index (κ2) is 15.6. The van der Waals surface area contributed by atoms with Crippen LogP contribution in [-0.4, -0.2) is 6.29 Å². The van der Waals surface area contributed by atoms with Crippen molar-refractivity contribution >= 4 is 0 Å². The Morgan fingerprint density at radius 2 is 1.29 bits per heavy atom. The number of allylic oxidation sites excluding steroid dienone is 1. The highest BCUT2D eigenvalue weighted by Crippen LogP contribution is 2.23. The van der Waals surface area contributed by atoms with E-state index in [0.717, 1.165) is 0 Å². The van der Waals surface area contributed by atoms with Gasteiger partial charge in [0.15, 0.2) is 0 Å². The quantitative estimate of drug-likeness (QED) is 0.214. The maximum Gasteiger partial charge on any atom is 0.245 e. The summed E-state index contributed by atoms with van der Waals surface area (Å²) in [5.74, 6) is 0.395. The molecule has 1 heterocycles. The Morgan fingerprint density at radius 3 is 1.92 bits per heavy atom. The number of unbranched alkanes of at least 4 members (excludes halogenated alkanes) is 11. The molecule has 2 nitrogen and oxygen atoms in total. The van der Waals surface area contributed by atoms with Crippen LogP contribution in [0.1, 0.15) is 104 Å². The first-order valence-corrected chi connectivity index (χ1v) is 10.5. The van der Waals surface area contributed by atoms with Gasteiger partial charge in [0.25, 0.3) is 0 Å². The molecular weight excluding hydrogens is 296 g/mol. The second-order valence-corrected chi connectivity index (χ2v) is 7.12. The minimum atomic E-state index is -0.0959. The fraction of sp³-hybridized carbons (Fsp3) is 0.818. The zero-order chi connectivity index (χ0) is 17.3. The molecule has 0 aromatic heterocycles. The Labute approximate surface area is 150 Å². The summed E-state index contributed by atoms with van der Waals surface area (Å²) in [7, 11) is 0. The van der Waals surface area contributed by atoms with Gasteiger partial charge in [-0.3, -0.25) is 0 Å². The van der Waals surface area contributed by atoms with Crippen LogP contribution < -0.4 is 0 Å². The summed E-state index contributed by atoms with van der Waals surface area (Å²) in [5.41, 5.74) is 0. The Kier molecular flexibility index (Phi) is 13.7. The van der Waals surface area contributed by atoms with E-state index in [1.807, 2.05) is 0 Å². The van der Waals surface area contributed by atoms with Crippen LogP contribution in [-0.2, 0) is 9.47 Å². The van der Waals surface area contributed by atoms with Crippen LogP contribution in [0.5, 0.6) is 0 Å². The second-order valence-electron chi connectivity index (χ2n) is 7.12. The van der Waals surface area contributed by atoms with E-state index in [1.165, 1.54) is 89.9 Å².